The summed E-state index contributed by atoms with van der Waals surface area (Å²) in [6, 6.07) is 0. The highest BCUT2D eigenvalue weighted by molar-refractivity contribution is 9.09. The summed E-state index contributed by atoms with van der Waals surface area (Å²) < 4.78 is 5.92. The number of hydrogen-bond donors (Lipinski definition) is 0. The molecular formula is C28H55BrO2. The van der Waals surface area contributed by atoms with Gasteiger partial charge in [-0.05, 0) is 38.5 Å². The van der Waals surface area contributed by atoms with Crippen LogP contribution in [0.5, 0.6) is 0 Å². The monoisotopic (exact) mass is 502 g/mol. The third-order valence-electron chi connectivity index (χ3n) is 6.32. The van der Waals surface area contributed by atoms with Crippen LogP contribution >= 0.6 is 15.9 Å². The number of hydrogen-bond acceptors (Lipinski definition) is 2. The van der Waals surface area contributed by atoms with E-state index in [9.17, 15) is 4.79 Å². The van der Waals surface area contributed by atoms with Gasteiger partial charge in [0.25, 0.3) is 0 Å². The van der Waals surface area contributed by atoms with Crippen LogP contribution in [0, 0.1) is 0 Å². The third kappa shape index (κ3) is 24.4. The SMILES string of the molecule is CCCCCCCCCCCC(CCCCCC)OC(=O)CCCCCCCCCBr. The first kappa shape index (κ1) is 30.9. The molecule has 0 bridgehead atoms. The molecule has 0 spiro atoms. The lowest BCUT2D eigenvalue weighted by Gasteiger charge is -2.18. The Morgan fingerprint density at radius 1 is 0.581 bits per heavy atom. The van der Waals surface area contributed by atoms with Gasteiger partial charge in [-0.15, -0.1) is 0 Å². The van der Waals surface area contributed by atoms with E-state index < -0.39 is 0 Å². The molecule has 0 aromatic carbocycles. The van der Waals surface area contributed by atoms with Crippen LogP contribution in [0.4, 0.5) is 0 Å². The summed E-state index contributed by atoms with van der Waals surface area (Å²) in [5, 5.41) is 1.12. The van der Waals surface area contributed by atoms with Gasteiger partial charge in [-0.25, -0.2) is 0 Å². The minimum absolute atomic E-state index is 0.0516. The van der Waals surface area contributed by atoms with Crippen LogP contribution < -0.4 is 0 Å². The van der Waals surface area contributed by atoms with Crippen LogP contribution in [0.1, 0.15) is 162 Å². The normalized spacial score (nSPS) is 12.2. The summed E-state index contributed by atoms with van der Waals surface area (Å²) in [6.45, 7) is 4.53. The van der Waals surface area contributed by atoms with Crippen LogP contribution in [0.2, 0.25) is 0 Å². The second-order valence-electron chi connectivity index (χ2n) is 9.49. The number of ether oxygens (including phenoxy) is 1. The Bertz CT molecular complexity index is 359. The highest BCUT2D eigenvalue weighted by Crippen LogP contribution is 2.18. The highest BCUT2D eigenvalue weighted by atomic mass is 79.9. The third-order valence-corrected chi connectivity index (χ3v) is 6.88. The number of alkyl halides is 1. The summed E-state index contributed by atoms with van der Waals surface area (Å²) in [6.07, 6.45) is 28.8. The molecule has 0 aliphatic heterocycles. The molecule has 2 nitrogen and oxygen atoms in total. The van der Waals surface area contributed by atoms with Crippen molar-refractivity contribution in [1.29, 1.82) is 0 Å². The number of esters is 1. The van der Waals surface area contributed by atoms with E-state index in [1.165, 1.54) is 122 Å². The Balaban J connectivity index is 3.89. The molecule has 1 unspecified atom stereocenters. The average molecular weight is 504 g/mol. The first-order chi connectivity index (χ1) is 15.2. The van der Waals surface area contributed by atoms with E-state index in [1.54, 1.807) is 0 Å². The number of carbonyl (C=O) groups is 1. The van der Waals surface area contributed by atoms with E-state index in [4.69, 9.17) is 4.74 Å². The van der Waals surface area contributed by atoms with E-state index in [-0.39, 0.29) is 12.1 Å². The molecule has 0 fully saturated rings. The van der Waals surface area contributed by atoms with Gasteiger partial charge in [0.2, 0.25) is 0 Å². The summed E-state index contributed by atoms with van der Waals surface area (Å²) in [4.78, 5) is 12.3. The van der Waals surface area contributed by atoms with Gasteiger partial charge < -0.3 is 4.74 Å². The molecule has 3 heteroatoms. The molecule has 0 amide bonds. The highest BCUT2D eigenvalue weighted by Gasteiger charge is 2.14. The molecule has 31 heavy (non-hydrogen) atoms. The number of halogens is 1. The van der Waals surface area contributed by atoms with Gasteiger partial charge in [0.15, 0.2) is 0 Å². The molecule has 0 aliphatic rings. The maximum atomic E-state index is 12.3. The number of rotatable bonds is 25. The van der Waals surface area contributed by atoms with Crippen molar-refractivity contribution < 1.29 is 9.53 Å². The Hall–Kier alpha value is -0.0500. The molecule has 186 valence electrons. The fourth-order valence-corrected chi connectivity index (χ4v) is 4.63. The van der Waals surface area contributed by atoms with Crippen LogP contribution in [0.3, 0.4) is 0 Å². The Kier molecular flexibility index (Phi) is 26.2. The van der Waals surface area contributed by atoms with Crippen molar-refractivity contribution in [3.8, 4) is 0 Å². The Morgan fingerprint density at radius 2 is 0.968 bits per heavy atom. The first-order valence-electron chi connectivity index (χ1n) is 14.0. The van der Waals surface area contributed by atoms with Crippen molar-refractivity contribution in [1.82, 2.24) is 0 Å². The Morgan fingerprint density at radius 3 is 1.45 bits per heavy atom. The van der Waals surface area contributed by atoms with Gasteiger partial charge in [0, 0.05) is 11.8 Å². The van der Waals surface area contributed by atoms with E-state index >= 15 is 0 Å². The van der Waals surface area contributed by atoms with Gasteiger partial charge >= 0.3 is 5.97 Å². The lowest BCUT2D eigenvalue weighted by Crippen LogP contribution is -2.18. The van der Waals surface area contributed by atoms with Gasteiger partial charge in [-0.1, -0.05) is 133 Å². The predicted octanol–water partition coefficient (Wildman–Crippen LogP) is 10.3. The van der Waals surface area contributed by atoms with Crippen LogP contribution in [0.25, 0.3) is 0 Å². The maximum absolute atomic E-state index is 12.3. The summed E-state index contributed by atoms with van der Waals surface area (Å²) >= 11 is 3.49. The molecular weight excluding hydrogens is 448 g/mol. The number of unbranched alkanes of at least 4 members (excludes halogenated alkanes) is 17. The summed E-state index contributed by atoms with van der Waals surface area (Å²) in [5.41, 5.74) is 0. The molecule has 0 N–H and O–H groups in total. The molecule has 0 rings (SSSR count). The van der Waals surface area contributed by atoms with Crippen molar-refractivity contribution in [3.63, 3.8) is 0 Å². The molecule has 0 saturated carbocycles. The second-order valence-corrected chi connectivity index (χ2v) is 10.3. The Labute approximate surface area is 204 Å². The van der Waals surface area contributed by atoms with Gasteiger partial charge in [-0.2, -0.15) is 0 Å². The van der Waals surface area contributed by atoms with E-state index in [0.717, 1.165) is 24.6 Å². The molecule has 0 aliphatic carbocycles. The second kappa shape index (κ2) is 26.2. The standard InChI is InChI=1S/C28H55BrO2/c1-3-5-7-9-10-11-13-16-20-24-27(23-19-8-6-4-2)31-28(30)25-21-17-14-12-15-18-22-26-29/h27H,3-26H2,1-2H3. The molecule has 0 saturated heterocycles. The van der Waals surface area contributed by atoms with E-state index in [2.05, 4.69) is 29.8 Å². The minimum Gasteiger partial charge on any atom is -0.462 e. The lowest BCUT2D eigenvalue weighted by molar-refractivity contribution is -0.150. The predicted molar refractivity (Wildman–Crippen MR) is 141 cm³/mol. The van der Waals surface area contributed by atoms with Crippen LogP contribution in [-0.4, -0.2) is 17.4 Å². The number of carbonyl (C=O) groups excluding carboxylic acids is 1. The molecule has 0 aromatic heterocycles. The average Bonchev–Trinajstić information content (AvgIpc) is 2.77. The van der Waals surface area contributed by atoms with Crippen molar-refractivity contribution in [2.75, 3.05) is 5.33 Å². The first-order valence-corrected chi connectivity index (χ1v) is 15.1. The van der Waals surface area contributed by atoms with E-state index in [1.807, 2.05) is 0 Å². The zero-order valence-electron chi connectivity index (χ0n) is 21.2. The fraction of sp³-hybridized carbons (Fsp3) is 0.964. The fourth-order valence-electron chi connectivity index (χ4n) is 4.24. The topological polar surface area (TPSA) is 26.3 Å². The summed E-state index contributed by atoms with van der Waals surface area (Å²) in [7, 11) is 0. The minimum atomic E-state index is 0.0516. The zero-order chi connectivity index (χ0) is 22.8. The maximum Gasteiger partial charge on any atom is 0.306 e. The largest absolute Gasteiger partial charge is 0.462 e. The summed E-state index contributed by atoms with van der Waals surface area (Å²) in [5.74, 6) is 0.0516. The van der Waals surface area contributed by atoms with Gasteiger partial charge in [-0.3, -0.25) is 4.79 Å². The van der Waals surface area contributed by atoms with Gasteiger partial charge in [0.05, 0.1) is 0 Å². The lowest BCUT2D eigenvalue weighted by atomic mass is 10.0. The van der Waals surface area contributed by atoms with Crippen molar-refractivity contribution in [2.24, 2.45) is 0 Å². The van der Waals surface area contributed by atoms with Crippen molar-refractivity contribution in [3.05, 3.63) is 0 Å². The molecule has 1 atom stereocenters. The van der Waals surface area contributed by atoms with Crippen LogP contribution in [0.15, 0.2) is 0 Å². The van der Waals surface area contributed by atoms with Crippen molar-refractivity contribution >= 4 is 21.9 Å². The smallest absolute Gasteiger partial charge is 0.306 e. The van der Waals surface area contributed by atoms with Crippen molar-refractivity contribution in [2.45, 2.75) is 168 Å². The quantitative estimate of drug-likeness (QED) is 0.0703. The van der Waals surface area contributed by atoms with Gasteiger partial charge in [0.1, 0.15) is 6.10 Å². The molecule has 0 radical (unpaired) electrons. The van der Waals surface area contributed by atoms with E-state index in [0.29, 0.717) is 6.42 Å². The molecule has 0 heterocycles. The zero-order valence-corrected chi connectivity index (χ0v) is 22.8. The van der Waals surface area contributed by atoms with Crippen LogP contribution in [-0.2, 0) is 9.53 Å². The molecule has 0 aromatic rings.